The molecule has 1 aromatic carbocycles. The van der Waals surface area contributed by atoms with E-state index in [0.29, 0.717) is 11.5 Å². The van der Waals surface area contributed by atoms with Gasteiger partial charge >= 0.3 is 0 Å². The molecular weight excluding hydrogens is 196 g/mol. The van der Waals surface area contributed by atoms with Crippen molar-refractivity contribution in [3.63, 3.8) is 0 Å². The van der Waals surface area contributed by atoms with Crippen LogP contribution in [0.5, 0.6) is 11.5 Å². The second-order valence-electron chi connectivity index (χ2n) is 3.34. The predicted molar refractivity (Wildman–Crippen MR) is 53.3 cm³/mol. The second-order valence-corrected chi connectivity index (χ2v) is 3.34. The first-order valence-electron chi connectivity index (χ1n) is 4.62. The molecule has 0 saturated carbocycles. The molecule has 80 valence electrons. The first-order valence-corrected chi connectivity index (χ1v) is 4.62. The summed E-state index contributed by atoms with van der Waals surface area (Å²) in [6.45, 7) is 2.01. The van der Waals surface area contributed by atoms with Crippen LogP contribution in [0.3, 0.4) is 0 Å². The largest absolute Gasteiger partial charge is 0.454 e. The number of amides is 1. The fraction of sp³-hybridized carbons (Fsp3) is 0.300. The summed E-state index contributed by atoms with van der Waals surface area (Å²) >= 11 is 0. The van der Waals surface area contributed by atoms with E-state index < -0.39 is 0 Å². The standard InChI is InChI=1S/C10H12N2O3/c1-6(10(13)12-11)7-2-3-8-9(4-7)15-5-14-8/h2-4,6H,5,11H2,1H3,(H,12,13). The third-order valence-corrected chi connectivity index (χ3v) is 2.43. The molecule has 1 amide bonds. The summed E-state index contributed by atoms with van der Waals surface area (Å²) in [6, 6.07) is 5.41. The van der Waals surface area contributed by atoms with Crippen LogP contribution in [0.25, 0.3) is 0 Å². The molecule has 1 atom stereocenters. The quantitative estimate of drug-likeness (QED) is 0.422. The highest BCUT2D eigenvalue weighted by atomic mass is 16.7. The molecule has 0 fully saturated rings. The Hall–Kier alpha value is -1.75. The van der Waals surface area contributed by atoms with Crippen LogP contribution in [0.4, 0.5) is 0 Å². The number of nitrogens with one attached hydrogen (secondary N) is 1. The highest BCUT2D eigenvalue weighted by molar-refractivity contribution is 5.82. The number of hydrazine groups is 1. The topological polar surface area (TPSA) is 73.6 Å². The number of rotatable bonds is 2. The molecule has 0 aliphatic carbocycles. The van der Waals surface area contributed by atoms with Crippen LogP contribution < -0.4 is 20.7 Å². The maximum Gasteiger partial charge on any atom is 0.241 e. The average molecular weight is 208 g/mol. The van der Waals surface area contributed by atoms with Gasteiger partial charge in [0.05, 0.1) is 5.92 Å². The maximum atomic E-state index is 11.3. The van der Waals surface area contributed by atoms with E-state index in [2.05, 4.69) is 5.43 Å². The summed E-state index contributed by atoms with van der Waals surface area (Å²) in [4.78, 5) is 11.3. The summed E-state index contributed by atoms with van der Waals surface area (Å²) in [5.74, 6) is 5.92. The normalized spacial score (nSPS) is 14.8. The van der Waals surface area contributed by atoms with Gasteiger partial charge in [-0.05, 0) is 24.6 Å². The van der Waals surface area contributed by atoms with Crippen molar-refractivity contribution < 1.29 is 14.3 Å². The first kappa shape index (κ1) is 9.79. The van der Waals surface area contributed by atoms with Crippen molar-refractivity contribution in [2.24, 2.45) is 5.84 Å². The summed E-state index contributed by atoms with van der Waals surface area (Å²) in [5, 5.41) is 0. The van der Waals surface area contributed by atoms with Crippen molar-refractivity contribution in [3.8, 4) is 11.5 Å². The van der Waals surface area contributed by atoms with E-state index in [1.165, 1.54) is 0 Å². The zero-order valence-electron chi connectivity index (χ0n) is 8.32. The fourth-order valence-electron chi connectivity index (χ4n) is 1.46. The summed E-state index contributed by atoms with van der Waals surface area (Å²) in [7, 11) is 0. The van der Waals surface area contributed by atoms with Gasteiger partial charge in [0.15, 0.2) is 11.5 Å². The number of nitrogens with two attached hydrogens (primary N) is 1. The zero-order valence-corrected chi connectivity index (χ0v) is 8.32. The Balaban J connectivity index is 2.26. The van der Waals surface area contributed by atoms with E-state index in [9.17, 15) is 4.79 Å². The number of carbonyl (C=O) groups excluding carboxylic acids is 1. The molecule has 5 nitrogen and oxygen atoms in total. The van der Waals surface area contributed by atoms with E-state index in [-0.39, 0.29) is 18.6 Å². The molecule has 2 rings (SSSR count). The maximum absolute atomic E-state index is 11.3. The van der Waals surface area contributed by atoms with Gasteiger partial charge in [-0.15, -0.1) is 0 Å². The van der Waals surface area contributed by atoms with Gasteiger partial charge in [0, 0.05) is 0 Å². The number of hydrogen-bond donors (Lipinski definition) is 2. The molecule has 15 heavy (non-hydrogen) atoms. The Kier molecular flexibility index (Phi) is 2.47. The van der Waals surface area contributed by atoms with Gasteiger partial charge < -0.3 is 9.47 Å². The smallest absolute Gasteiger partial charge is 0.241 e. The number of hydrogen-bond acceptors (Lipinski definition) is 4. The van der Waals surface area contributed by atoms with E-state index >= 15 is 0 Å². The van der Waals surface area contributed by atoms with Crippen molar-refractivity contribution in [1.29, 1.82) is 0 Å². The van der Waals surface area contributed by atoms with E-state index in [0.717, 1.165) is 5.56 Å². The lowest BCUT2D eigenvalue weighted by molar-refractivity contribution is -0.122. The molecule has 1 aliphatic rings. The molecule has 1 aliphatic heterocycles. The van der Waals surface area contributed by atoms with Crippen molar-refractivity contribution >= 4 is 5.91 Å². The minimum atomic E-state index is -0.301. The molecule has 0 saturated heterocycles. The van der Waals surface area contributed by atoms with Crippen LogP contribution in [0, 0.1) is 0 Å². The number of fused-ring (bicyclic) bond motifs is 1. The molecular formula is C10H12N2O3. The van der Waals surface area contributed by atoms with Gasteiger partial charge in [-0.25, -0.2) is 5.84 Å². The molecule has 3 N–H and O–H groups in total. The van der Waals surface area contributed by atoms with Crippen LogP contribution >= 0.6 is 0 Å². The van der Waals surface area contributed by atoms with Gasteiger partial charge in [-0.3, -0.25) is 10.2 Å². The Bertz CT molecular complexity index is 392. The van der Waals surface area contributed by atoms with Crippen molar-refractivity contribution in [1.82, 2.24) is 5.43 Å². The highest BCUT2D eigenvalue weighted by Gasteiger charge is 2.19. The number of carbonyl (C=O) groups is 1. The lowest BCUT2D eigenvalue weighted by atomic mass is 10.0. The zero-order chi connectivity index (χ0) is 10.8. The van der Waals surface area contributed by atoms with Crippen molar-refractivity contribution in [2.75, 3.05) is 6.79 Å². The molecule has 1 heterocycles. The Labute approximate surface area is 87.1 Å². The summed E-state index contributed by atoms with van der Waals surface area (Å²) in [5.41, 5.74) is 2.97. The summed E-state index contributed by atoms with van der Waals surface area (Å²) < 4.78 is 10.4. The van der Waals surface area contributed by atoms with Gasteiger partial charge in [-0.1, -0.05) is 6.07 Å². The van der Waals surface area contributed by atoms with E-state index in [1.54, 1.807) is 19.1 Å². The number of benzene rings is 1. The molecule has 5 heteroatoms. The van der Waals surface area contributed by atoms with Crippen molar-refractivity contribution in [3.05, 3.63) is 23.8 Å². The molecule has 1 aromatic rings. The third-order valence-electron chi connectivity index (χ3n) is 2.43. The van der Waals surface area contributed by atoms with Gasteiger partial charge in [0.25, 0.3) is 0 Å². The Morgan fingerprint density at radius 2 is 2.20 bits per heavy atom. The highest BCUT2D eigenvalue weighted by Crippen LogP contribution is 2.34. The average Bonchev–Trinajstić information content (AvgIpc) is 2.73. The Morgan fingerprint density at radius 1 is 1.47 bits per heavy atom. The number of ether oxygens (including phenoxy) is 2. The lowest BCUT2D eigenvalue weighted by Gasteiger charge is -2.10. The van der Waals surface area contributed by atoms with Crippen LogP contribution in [0.1, 0.15) is 18.4 Å². The van der Waals surface area contributed by atoms with E-state index in [4.69, 9.17) is 15.3 Å². The molecule has 0 aromatic heterocycles. The van der Waals surface area contributed by atoms with Crippen LogP contribution in [-0.2, 0) is 4.79 Å². The first-order chi connectivity index (χ1) is 7.22. The fourth-order valence-corrected chi connectivity index (χ4v) is 1.46. The van der Waals surface area contributed by atoms with Gasteiger partial charge in [-0.2, -0.15) is 0 Å². The van der Waals surface area contributed by atoms with Crippen LogP contribution in [0.2, 0.25) is 0 Å². The monoisotopic (exact) mass is 208 g/mol. The molecule has 0 radical (unpaired) electrons. The molecule has 0 spiro atoms. The Morgan fingerprint density at radius 3 is 2.93 bits per heavy atom. The van der Waals surface area contributed by atoms with Crippen molar-refractivity contribution in [2.45, 2.75) is 12.8 Å². The lowest BCUT2D eigenvalue weighted by Crippen LogP contribution is -2.33. The van der Waals surface area contributed by atoms with E-state index in [1.807, 2.05) is 6.07 Å². The predicted octanol–water partition coefficient (Wildman–Crippen LogP) is 0.509. The van der Waals surface area contributed by atoms with Gasteiger partial charge in [0.2, 0.25) is 12.7 Å². The second kappa shape index (κ2) is 3.78. The van der Waals surface area contributed by atoms with Crippen LogP contribution in [0.15, 0.2) is 18.2 Å². The molecule has 1 unspecified atom stereocenters. The summed E-state index contributed by atoms with van der Waals surface area (Å²) in [6.07, 6.45) is 0. The third kappa shape index (κ3) is 1.73. The van der Waals surface area contributed by atoms with Gasteiger partial charge in [0.1, 0.15) is 0 Å². The minimum Gasteiger partial charge on any atom is -0.454 e. The van der Waals surface area contributed by atoms with Crippen LogP contribution in [-0.4, -0.2) is 12.7 Å². The molecule has 0 bridgehead atoms. The SMILES string of the molecule is CC(C(=O)NN)c1ccc2c(c1)OCO2. The minimum absolute atomic E-state index is 0.228.